The van der Waals surface area contributed by atoms with Crippen molar-refractivity contribution < 1.29 is 9.18 Å². The second-order valence-corrected chi connectivity index (χ2v) is 6.23. The van der Waals surface area contributed by atoms with E-state index >= 15 is 0 Å². The Morgan fingerprint density at radius 1 is 1.00 bits per heavy atom. The van der Waals surface area contributed by atoms with Crippen LogP contribution in [0.1, 0.15) is 15.9 Å². The summed E-state index contributed by atoms with van der Waals surface area (Å²) >= 11 is 18.1. The zero-order valence-electron chi connectivity index (χ0n) is 9.18. The summed E-state index contributed by atoms with van der Waals surface area (Å²) in [5, 5.41) is 0.655. The van der Waals surface area contributed by atoms with Crippen molar-refractivity contribution in [2.24, 2.45) is 0 Å². The van der Waals surface area contributed by atoms with Gasteiger partial charge in [0.15, 0.2) is 5.78 Å². The number of hydrogen-bond acceptors (Lipinski definition) is 1. The summed E-state index contributed by atoms with van der Waals surface area (Å²) in [6.45, 7) is 0. The molecule has 2 rings (SSSR count). The Kier molecular flexibility index (Phi) is 4.66. The van der Waals surface area contributed by atoms with Crippen molar-refractivity contribution in [1.29, 1.82) is 0 Å². The molecule has 0 saturated carbocycles. The molecule has 2 aromatic rings. The predicted molar refractivity (Wildman–Crippen MR) is 81.7 cm³/mol. The molecule has 0 aromatic heterocycles. The maximum absolute atomic E-state index is 13.8. The Bertz CT molecular complexity index is 674. The molecule has 6 heteroatoms. The second-order valence-electron chi connectivity index (χ2n) is 3.70. The topological polar surface area (TPSA) is 17.1 Å². The first-order valence-electron chi connectivity index (χ1n) is 5.04. The molecule has 0 aliphatic rings. The summed E-state index contributed by atoms with van der Waals surface area (Å²) < 4.78 is 14.9. The van der Waals surface area contributed by atoms with Crippen LogP contribution < -0.4 is 0 Å². The highest BCUT2D eigenvalue weighted by Crippen LogP contribution is 2.29. The van der Waals surface area contributed by atoms with Crippen molar-refractivity contribution in [3.8, 4) is 0 Å². The third kappa shape index (κ3) is 3.19. The van der Waals surface area contributed by atoms with E-state index in [0.29, 0.717) is 19.5 Å². The molecule has 0 N–H and O–H groups in total. The molecule has 0 heterocycles. The van der Waals surface area contributed by atoms with Gasteiger partial charge in [-0.15, -0.1) is 0 Å². The van der Waals surface area contributed by atoms with E-state index in [-0.39, 0.29) is 10.6 Å². The first-order valence-corrected chi connectivity index (χ1v) is 7.38. The number of rotatable bonds is 2. The van der Waals surface area contributed by atoms with E-state index in [9.17, 15) is 9.18 Å². The quantitative estimate of drug-likeness (QED) is 0.432. The Hall–Kier alpha value is -0.420. The predicted octanol–water partition coefficient (Wildman–Crippen LogP) is 5.89. The van der Waals surface area contributed by atoms with Crippen LogP contribution in [0.25, 0.3) is 0 Å². The fourth-order valence-corrected chi connectivity index (χ4v) is 2.40. The van der Waals surface area contributed by atoms with Crippen LogP contribution in [0.5, 0.6) is 0 Å². The smallest absolute Gasteiger partial charge is 0.196 e. The van der Waals surface area contributed by atoms with Crippen molar-refractivity contribution >= 4 is 60.8 Å². The Morgan fingerprint density at radius 2 is 1.63 bits per heavy atom. The third-order valence-corrected chi connectivity index (χ3v) is 4.87. The molecule has 0 atom stereocenters. The maximum Gasteiger partial charge on any atom is 0.196 e. The summed E-state index contributed by atoms with van der Waals surface area (Å²) in [5.41, 5.74) is 0.206. The van der Waals surface area contributed by atoms with E-state index in [0.717, 1.165) is 6.07 Å². The summed E-state index contributed by atoms with van der Waals surface area (Å²) in [5.74, 6) is -1.11. The molecule has 1 nitrogen and oxygen atoms in total. The first-order chi connectivity index (χ1) is 8.90. The SMILES string of the molecule is O=C(c1ccc(Br)c(Cl)c1)c1cc(Cl)c(Br)cc1F. The minimum absolute atomic E-state index is 0.0911. The lowest BCUT2D eigenvalue weighted by molar-refractivity contribution is 0.103. The van der Waals surface area contributed by atoms with Crippen LogP contribution in [0.3, 0.4) is 0 Å². The molecule has 0 unspecified atom stereocenters. The number of ketones is 1. The third-order valence-electron chi connectivity index (χ3n) is 2.44. The Labute approximate surface area is 136 Å². The van der Waals surface area contributed by atoms with E-state index in [1.165, 1.54) is 12.1 Å². The largest absolute Gasteiger partial charge is 0.288 e. The molecular weight excluding hydrogens is 422 g/mol. The number of benzene rings is 2. The zero-order chi connectivity index (χ0) is 14.2. The summed E-state index contributed by atoms with van der Waals surface area (Å²) in [7, 11) is 0. The van der Waals surface area contributed by atoms with E-state index in [1.54, 1.807) is 12.1 Å². The molecule has 0 aliphatic carbocycles. The minimum atomic E-state index is -0.639. The monoisotopic (exact) mass is 424 g/mol. The lowest BCUT2D eigenvalue weighted by atomic mass is 10.0. The van der Waals surface area contributed by atoms with Gasteiger partial charge in [-0.3, -0.25) is 4.79 Å². The second kappa shape index (κ2) is 5.92. The summed E-state index contributed by atoms with van der Waals surface area (Å²) in [6, 6.07) is 7.13. The van der Waals surface area contributed by atoms with Gasteiger partial charge in [0.1, 0.15) is 5.82 Å². The van der Waals surface area contributed by atoms with Crippen molar-refractivity contribution in [1.82, 2.24) is 0 Å². The number of hydrogen-bond donors (Lipinski definition) is 0. The van der Waals surface area contributed by atoms with Gasteiger partial charge < -0.3 is 0 Å². The maximum atomic E-state index is 13.8. The van der Waals surface area contributed by atoms with Gasteiger partial charge >= 0.3 is 0 Å². The van der Waals surface area contributed by atoms with Gasteiger partial charge in [0.05, 0.1) is 15.6 Å². The van der Waals surface area contributed by atoms with Crippen LogP contribution in [0.15, 0.2) is 39.3 Å². The van der Waals surface area contributed by atoms with Gasteiger partial charge in [0, 0.05) is 14.5 Å². The standard InChI is InChI=1S/C13H5Br2Cl2FO/c14-8-2-1-6(3-10(8)16)13(19)7-4-11(17)9(15)5-12(7)18/h1-5H. The summed E-state index contributed by atoms with van der Waals surface area (Å²) in [6.07, 6.45) is 0. The van der Waals surface area contributed by atoms with Crippen LogP contribution in [-0.4, -0.2) is 5.78 Å². The van der Waals surface area contributed by atoms with Gasteiger partial charge in [0.25, 0.3) is 0 Å². The highest BCUT2D eigenvalue weighted by molar-refractivity contribution is 9.10. The number of carbonyl (C=O) groups excluding carboxylic acids is 1. The molecular formula is C13H5Br2Cl2FO. The molecule has 19 heavy (non-hydrogen) atoms. The fourth-order valence-electron chi connectivity index (χ4n) is 1.49. The van der Waals surface area contributed by atoms with Gasteiger partial charge in [0.2, 0.25) is 0 Å². The van der Waals surface area contributed by atoms with Gasteiger partial charge in [-0.05, 0) is 62.2 Å². The van der Waals surface area contributed by atoms with Crippen LogP contribution in [0, 0.1) is 5.82 Å². The van der Waals surface area contributed by atoms with E-state index in [2.05, 4.69) is 31.9 Å². The molecule has 0 aliphatic heterocycles. The van der Waals surface area contributed by atoms with E-state index in [1.807, 2.05) is 0 Å². The molecule has 0 amide bonds. The van der Waals surface area contributed by atoms with Crippen molar-refractivity contribution in [2.45, 2.75) is 0 Å². The lowest BCUT2D eigenvalue weighted by Crippen LogP contribution is -2.04. The van der Waals surface area contributed by atoms with E-state index in [4.69, 9.17) is 23.2 Å². The molecule has 0 radical (unpaired) electrons. The highest BCUT2D eigenvalue weighted by Gasteiger charge is 2.17. The molecule has 0 fully saturated rings. The highest BCUT2D eigenvalue weighted by atomic mass is 79.9. The fraction of sp³-hybridized carbons (Fsp3) is 0. The Morgan fingerprint density at radius 3 is 2.26 bits per heavy atom. The van der Waals surface area contributed by atoms with Crippen molar-refractivity contribution in [3.05, 3.63) is 66.3 Å². The molecule has 0 bridgehead atoms. The van der Waals surface area contributed by atoms with Gasteiger partial charge in [-0.1, -0.05) is 23.2 Å². The average molecular weight is 427 g/mol. The minimum Gasteiger partial charge on any atom is -0.288 e. The molecule has 0 spiro atoms. The number of carbonyl (C=O) groups is 1. The van der Waals surface area contributed by atoms with Gasteiger partial charge in [-0.25, -0.2) is 4.39 Å². The van der Waals surface area contributed by atoms with E-state index < -0.39 is 11.6 Å². The van der Waals surface area contributed by atoms with Crippen LogP contribution in [-0.2, 0) is 0 Å². The van der Waals surface area contributed by atoms with Gasteiger partial charge in [-0.2, -0.15) is 0 Å². The normalized spacial score (nSPS) is 10.6. The zero-order valence-corrected chi connectivity index (χ0v) is 13.9. The first kappa shape index (κ1) is 15.0. The molecule has 0 saturated heterocycles. The van der Waals surface area contributed by atoms with Crippen LogP contribution >= 0.6 is 55.1 Å². The number of halogens is 5. The Balaban J connectivity index is 2.49. The summed E-state index contributed by atoms with van der Waals surface area (Å²) in [4.78, 5) is 12.2. The van der Waals surface area contributed by atoms with Crippen LogP contribution in [0.4, 0.5) is 4.39 Å². The lowest BCUT2D eigenvalue weighted by Gasteiger charge is -2.06. The average Bonchev–Trinajstić information content (AvgIpc) is 2.36. The molecule has 2 aromatic carbocycles. The van der Waals surface area contributed by atoms with Crippen LogP contribution in [0.2, 0.25) is 10.0 Å². The van der Waals surface area contributed by atoms with Crippen molar-refractivity contribution in [2.75, 3.05) is 0 Å². The molecule has 98 valence electrons. The van der Waals surface area contributed by atoms with Crippen molar-refractivity contribution in [3.63, 3.8) is 0 Å².